The molecular formula is C18H24N2. The molecule has 1 unspecified atom stereocenters. The first kappa shape index (κ1) is 14.8. The fraction of sp³-hybridized carbons (Fsp3) is 0.333. The van der Waals surface area contributed by atoms with E-state index in [1.165, 1.54) is 11.1 Å². The minimum atomic E-state index is 0.238. The van der Waals surface area contributed by atoms with Crippen molar-refractivity contribution in [2.24, 2.45) is 5.73 Å². The first-order valence-corrected chi connectivity index (χ1v) is 7.33. The monoisotopic (exact) mass is 268 g/mol. The molecule has 2 rings (SSSR count). The van der Waals surface area contributed by atoms with Gasteiger partial charge in [-0.15, -0.1) is 0 Å². The van der Waals surface area contributed by atoms with E-state index in [0.717, 1.165) is 26.1 Å². The molecule has 2 aromatic carbocycles. The molecule has 20 heavy (non-hydrogen) atoms. The lowest BCUT2D eigenvalue weighted by Crippen LogP contribution is -2.36. The molecular weight excluding hydrogens is 244 g/mol. The summed E-state index contributed by atoms with van der Waals surface area (Å²) in [4.78, 5) is 2.43. The molecule has 0 aliphatic carbocycles. The first-order valence-electron chi connectivity index (χ1n) is 7.33. The second kappa shape index (κ2) is 7.83. The molecule has 0 saturated carbocycles. The van der Waals surface area contributed by atoms with Gasteiger partial charge in [-0.3, -0.25) is 4.90 Å². The number of nitrogens with two attached hydrogens (primary N) is 1. The summed E-state index contributed by atoms with van der Waals surface area (Å²) in [5, 5.41) is 0. The van der Waals surface area contributed by atoms with Gasteiger partial charge in [0.05, 0.1) is 0 Å². The first-order chi connectivity index (χ1) is 9.78. The lowest BCUT2D eigenvalue weighted by molar-refractivity contribution is 0.238. The molecule has 0 heterocycles. The minimum absolute atomic E-state index is 0.238. The van der Waals surface area contributed by atoms with Crippen molar-refractivity contribution in [1.29, 1.82) is 0 Å². The molecule has 0 fully saturated rings. The van der Waals surface area contributed by atoms with E-state index in [0.29, 0.717) is 0 Å². The Morgan fingerprint density at radius 1 is 0.850 bits per heavy atom. The molecule has 0 aromatic heterocycles. The van der Waals surface area contributed by atoms with Crippen molar-refractivity contribution >= 4 is 0 Å². The van der Waals surface area contributed by atoms with Crippen LogP contribution in [-0.2, 0) is 13.1 Å². The lowest BCUT2D eigenvalue weighted by Gasteiger charge is -2.25. The third kappa shape index (κ3) is 4.80. The van der Waals surface area contributed by atoms with Gasteiger partial charge in [0.25, 0.3) is 0 Å². The molecule has 0 amide bonds. The van der Waals surface area contributed by atoms with Crippen LogP contribution in [0, 0.1) is 0 Å². The Morgan fingerprint density at radius 3 is 1.70 bits per heavy atom. The normalized spacial score (nSPS) is 12.6. The van der Waals surface area contributed by atoms with Crippen LogP contribution >= 0.6 is 0 Å². The van der Waals surface area contributed by atoms with Gasteiger partial charge in [0, 0.05) is 25.7 Å². The largest absolute Gasteiger partial charge is 0.327 e. The SMILES string of the molecule is CCC(N)CN(Cc1ccccc1)Cc1ccccc1. The summed E-state index contributed by atoms with van der Waals surface area (Å²) in [5.41, 5.74) is 8.82. The summed E-state index contributed by atoms with van der Waals surface area (Å²) >= 11 is 0. The van der Waals surface area contributed by atoms with Gasteiger partial charge in [-0.1, -0.05) is 67.6 Å². The third-order valence-electron chi connectivity index (χ3n) is 3.52. The molecule has 0 aliphatic rings. The maximum absolute atomic E-state index is 6.14. The van der Waals surface area contributed by atoms with E-state index in [4.69, 9.17) is 5.73 Å². The fourth-order valence-corrected chi connectivity index (χ4v) is 2.33. The van der Waals surface area contributed by atoms with Crippen LogP contribution in [0.25, 0.3) is 0 Å². The highest BCUT2D eigenvalue weighted by Gasteiger charge is 2.10. The zero-order valence-corrected chi connectivity index (χ0v) is 12.2. The van der Waals surface area contributed by atoms with Gasteiger partial charge in [0.2, 0.25) is 0 Å². The van der Waals surface area contributed by atoms with Crippen LogP contribution in [0.2, 0.25) is 0 Å². The number of rotatable bonds is 7. The molecule has 2 heteroatoms. The predicted octanol–water partition coefficient (Wildman–Crippen LogP) is 3.43. The van der Waals surface area contributed by atoms with E-state index >= 15 is 0 Å². The third-order valence-corrected chi connectivity index (χ3v) is 3.52. The van der Waals surface area contributed by atoms with Crippen LogP contribution < -0.4 is 5.73 Å². The molecule has 0 aliphatic heterocycles. The maximum Gasteiger partial charge on any atom is 0.0237 e. The van der Waals surface area contributed by atoms with E-state index in [1.54, 1.807) is 0 Å². The number of hydrogen-bond acceptors (Lipinski definition) is 2. The fourth-order valence-electron chi connectivity index (χ4n) is 2.33. The highest BCUT2D eigenvalue weighted by molar-refractivity contribution is 5.17. The van der Waals surface area contributed by atoms with Gasteiger partial charge in [0.1, 0.15) is 0 Å². The quantitative estimate of drug-likeness (QED) is 0.833. The van der Waals surface area contributed by atoms with E-state index < -0.39 is 0 Å². The Hall–Kier alpha value is -1.64. The average molecular weight is 268 g/mol. The van der Waals surface area contributed by atoms with E-state index in [2.05, 4.69) is 72.5 Å². The molecule has 2 N–H and O–H groups in total. The van der Waals surface area contributed by atoms with Crippen molar-refractivity contribution in [3.63, 3.8) is 0 Å². The second-order valence-electron chi connectivity index (χ2n) is 5.31. The number of nitrogens with zero attached hydrogens (tertiary/aromatic N) is 1. The molecule has 0 radical (unpaired) electrons. The smallest absolute Gasteiger partial charge is 0.0237 e. The van der Waals surface area contributed by atoms with Crippen LogP contribution in [0.5, 0.6) is 0 Å². The van der Waals surface area contributed by atoms with Gasteiger partial charge in [-0.25, -0.2) is 0 Å². The van der Waals surface area contributed by atoms with E-state index in [9.17, 15) is 0 Å². The molecule has 0 spiro atoms. The van der Waals surface area contributed by atoms with Crippen molar-refractivity contribution in [3.05, 3.63) is 71.8 Å². The zero-order valence-electron chi connectivity index (χ0n) is 12.2. The molecule has 2 aromatic rings. The summed E-state index contributed by atoms with van der Waals surface area (Å²) in [7, 11) is 0. The summed E-state index contributed by atoms with van der Waals surface area (Å²) < 4.78 is 0. The van der Waals surface area contributed by atoms with Crippen molar-refractivity contribution < 1.29 is 0 Å². The highest BCUT2D eigenvalue weighted by Crippen LogP contribution is 2.10. The number of hydrogen-bond donors (Lipinski definition) is 1. The van der Waals surface area contributed by atoms with Gasteiger partial charge >= 0.3 is 0 Å². The van der Waals surface area contributed by atoms with Crippen molar-refractivity contribution in [2.75, 3.05) is 6.54 Å². The van der Waals surface area contributed by atoms with Crippen LogP contribution in [0.1, 0.15) is 24.5 Å². The molecule has 0 bridgehead atoms. The Bertz CT molecular complexity index is 440. The van der Waals surface area contributed by atoms with Gasteiger partial charge in [-0.05, 0) is 17.5 Å². The summed E-state index contributed by atoms with van der Waals surface area (Å²) in [5.74, 6) is 0. The summed E-state index contributed by atoms with van der Waals surface area (Å²) in [6.07, 6.45) is 1.01. The maximum atomic E-state index is 6.14. The van der Waals surface area contributed by atoms with Crippen LogP contribution in [0.15, 0.2) is 60.7 Å². The van der Waals surface area contributed by atoms with Gasteiger partial charge in [-0.2, -0.15) is 0 Å². The van der Waals surface area contributed by atoms with E-state index in [-0.39, 0.29) is 6.04 Å². The topological polar surface area (TPSA) is 29.3 Å². The zero-order chi connectivity index (χ0) is 14.2. The minimum Gasteiger partial charge on any atom is -0.327 e. The summed E-state index contributed by atoms with van der Waals surface area (Å²) in [6, 6.07) is 21.4. The Labute approximate surface area is 122 Å². The van der Waals surface area contributed by atoms with Gasteiger partial charge in [0.15, 0.2) is 0 Å². The molecule has 0 saturated heterocycles. The van der Waals surface area contributed by atoms with Crippen LogP contribution in [0.4, 0.5) is 0 Å². The summed E-state index contributed by atoms with van der Waals surface area (Å²) in [6.45, 7) is 4.97. The van der Waals surface area contributed by atoms with Crippen molar-refractivity contribution in [3.8, 4) is 0 Å². The Balaban J connectivity index is 2.04. The Morgan fingerprint density at radius 2 is 1.30 bits per heavy atom. The van der Waals surface area contributed by atoms with Crippen LogP contribution in [0.3, 0.4) is 0 Å². The number of benzene rings is 2. The predicted molar refractivity (Wildman–Crippen MR) is 85.3 cm³/mol. The van der Waals surface area contributed by atoms with Crippen LogP contribution in [-0.4, -0.2) is 17.5 Å². The van der Waals surface area contributed by atoms with Gasteiger partial charge < -0.3 is 5.73 Å². The van der Waals surface area contributed by atoms with Crippen molar-refractivity contribution in [1.82, 2.24) is 4.90 Å². The highest BCUT2D eigenvalue weighted by atomic mass is 15.1. The van der Waals surface area contributed by atoms with Crippen molar-refractivity contribution in [2.45, 2.75) is 32.5 Å². The molecule has 2 nitrogen and oxygen atoms in total. The van der Waals surface area contributed by atoms with E-state index in [1.807, 2.05) is 0 Å². The molecule has 106 valence electrons. The lowest BCUT2D eigenvalue weighted by atomic mass is 10.1. The molecule has 1 atom stereocenters. The second-order valence-corrected chi connectivity index (χ2v) is 5.31. The Kier molecular flexibility index (Phi) is 5.78. The standard InChI is InChI=1S/C18H24N2/c1-2-18(19)15-20(13-16-9-5-3-6-10-16)14-17-11-7-4-8-12-17/h3-12,18H,2,13-15,19H2,1H3. The average Bonchev–Trinajstić information content (AvgIpc) is 2.49.